The van der Waals surface area contributed by atoms with Gasteiger partial charge in [0.15, 0.2) is 0 Å². The Bertz CT molecular complexity index is 92.7. The summed E-state index contributed by atoms with van der Waals surface area (Å²) >= 11 is 0. The summed E-state index contributed by atoms with van der Waals surface area (Å²) in [6.07, 6.45) is 3.29. The monoisotopic (exact) mass is 112 g/mol. The molecular formula is C6H12N2. The quantitative estimate of drug-likeness (QED) is 0.382. The Balaban J connectivity index is 3.34. The topological polar surface area (TPSA) is 24.7 Å². The van der Waals surface area contributed by atoms with Crippen LogP contribution < -0.4 is 0 Å². The second-order valence-corrected chi connectivity index (χ2v) is 1.77. The molecule has 0 saturated carbocycles. The Morgan fingerprint density at radius 3 is 2.38 bits per heavy atom. The average Bonchev–Trinajstić information content (AvgIpc) is 1.66. The van der Waals surface area contributed by atoms with Crippen LogP contribution in [0.15, 0.2) is 9.98 Å². The lowest BCUT2D eigenvalue weighted by Crippen LogP contribution is -1.86. The molecule has 0 aliphatic carbocycles. The first kappa shape index (κ1) is 7.34. The van der Waals surface area contributed by atoms with E-state index in [0.29, 0.717) is 6.04 Å². The lowest BCUT2D eigenvalue weighted by atomic mass is 10.4. The molecule has 0 aromatic carbocycles. The van der Waals surface area contributed by atoms with Gasteiger partial charge in [-0.05, 0) is 20.8 Å². The van der Waals surface area contributed by atoms with Crippen molar-refractivity contribution >= 4 is 12.6 Å². The molecule has 0 aliphatic rings. The number of nitrogens with zero attached hydrogens (tertiary/aromatic N) is 2. The molecule has 0 atom stereocenters. The lowest BCUT2D eigenvalue weighted by molar-refractivity contribution is 0.839. The van der Waals surface area contributed by atoms with E-state index in [4.69, 9.17) is 0 Å². The molecule has 2 heteroatoms. The second-order valence-electron chi connectivity index (χ2n) is 1.77. The van der Waals surface area contributed by atoms with E-state index in [1.807, 2.05) is 20.8 Å². The van der Waals surface area contributed by atoms with Crippen molar-refractivity contribution in [1.29, 1.82) is 0 Å². The van der Waals surface area contributed by atoms with E-state index in [-0.39, 0.29) is 0 Å². The third kappa shape index (κ3) is 5.34. The Morgan fingerprint density at radius 2 is 2.00 bits per heavy atom. The molecule has 0 rings (SSSR count). The van der Waals surface area contributed by atoms with Crippen molar-refractivity contribution in [3.63, 3.8) is 0 Å². The van der Waals surface area contributed by atoms with Crippen LogP contribution in [0.1, 0.15) is 20.8 Å². The van der Waals surface area contributed by atoms with Gasteiger partial charge in [-0.2, -0.15) is 0 Å². The standard InChI is InChI=1S/C6H12N2/c1-4-7-5-8-6(2)3/h4-6H,1-3H3/b7-4-,8-5-. The summed E-state index contributed by atoms with van der Waals surface area (Å²) < 4.78 is 0. The van der Waals surface area contributed by atoms with E-state index in [1.54, 1.807) is 12.6 Å². The van der Waals surface area contributed by atoms with Gasteiger partial charge in [0.2, 0.25) is 0 Å². The van der Waals surface area contributed by atoms with Gasteiger partial charge in [-0.15, -0.1) is 0 Å². The van der Waals surface area contributed by atoms with Gasteiger partial charge in [-0.3, -0.25) is 4.99 Å². The molecule has 46 valence electrons. The Kier molecular flexibility index (Phi) is 4.13. The van der Waals surface area contributed by atoms with Crippen molar-refractivity contribution in [2.24, 2.45) is 9.98 Å². The van der Waals surface area contributed by atoms with Crippen molar-refractivity contribution < 1.29 is 0 Å². The number of hydrogen-bond donors (Lipinski definition) is 0. The van der Waals surface area contributed by atoms with Crippen molar-refractivity contribution in [3.8, 4) is 0 Å². The predicted molar refractivity (Wildman–Crippen MR) is 37.8 cm³/mol. The van der Waals surface area contributed by atoms with Gasteiger partial charge in [-0.25, -0.2) is 4.99 Å². The molecule has 0 radical (unpaired) electrons. The summed E-state index contributed by atoms with van der Waals surface area (Å²) in [6.45, 7) is 5.90. The maximum atomic E-state index is 3.99. The van der Waals surface area contributed by atoms with Gasteiger partial charge in [0, 0.05) is 12.3 Å². The molecule has 0 spiro atoms. The fraction of sp³-hybridized carbons (Fsp3) is 0.667. The fourth-order valence-electron chi connectivity index (χ4n) is 0.238. The number of hydrogen-bond acceptors (Lipinski definition) is 1. The van der Waals surface area contributed by atoms with Gasteiger partial charge in [0.1, 0.15) is 6.34 Å². The van der Waals surface area contributed by atoms with E-state index in [2.05, 4.69) is 9.98 Å². The maximum Gasteiger partial charge on any atom is 0.109 e. The van der Waals surface area contributed by atoms with Crippen LogP contribution in [0.5, 0.6) is 0 Å². The lowest BCUT2D eigenvalue weighted by Gasteiger charge is -1.88. The van der Waals surface area contributed by atoms with Crippen LogP contribution in [0.4, 0.5) is 0 Å². The van der Waals surface area contributed by atoms with E-state index in [0.717, 1.165) is 0 Å². The highest BCUT2D eigenvalue weighted by molar-refractivity contribution is 5.70. The van der Waals surface area contributed by atoms with E-state index in [9.17, 15) is 0 Å². The predicted octanol–water partition coefficient (Wildman–Crippen LogP) is 1.51. The van der Waals surface area contributed by atoms with Crippen LogP contribution in [-0.2, 0) is 0 Å². The zero-order chi connectivity index (χ0) is 6.41. The smallest absolute Gasteiger partial charge is 0.109 e. The normalized spacial score (nSPS) is 12.5. The Labute approximate surface area is 50.4 Å². The summed E-state index contributed by atoms with van der Waals surface area (Å²) in [7, 11) is 0. The second kappa shape index (κ2) is 4.50. The summed E-state index contributed by atoms with van der Waals surface area (Å²) in [4.78, 5) is 7.79. The number of rotatable bonds is 2. The molecule has 0 unspecified atom stereocenters. The molecule has 0 aromatic rings. The first-order valence-electron chi connectivity index (χ1n) is 2.76. The van der Waals surface area contributed by atoms with E-state index in [1.165, 1.54) is 0 Å². The van der Waals surface area contributed by atoms with Crippen LogP contribution in [0.3, 0.4) is 0 Å². The van der Waals surface area contributed by atoms with E-state index < -0.39 is 0 Å². The highest BCUT2D eigenvalue weighted by Gasteiger charge is 1.78. The molecule has 0 fully saturated rings. The first-order valence-corrected chi connectivity index (χ1v) is 2.76. The summed E-state index contributed by atoms with van der Waals surface area (Å²) in [5.41, 5.74) is 0. The molecule has 0 N–H and O–H groups in total. The molecule has 0 aromatic heterocycles. The zero-order valence-corrected chi connectivity index (χ0v) is 5.63. The summed E-state index contributed by atoms with van der Waals surface area (Å²) in [5.74, 6) is 0. The third-order valence-electron chi connectivity index (χ3n) is 0.581. The van der Waals surface area contributed by atoms with Crippen LogP contribution >= 0.6 is 0 Å². The van der Waals surface area contributed by atoms with Crippen molar-refractivity contribution in [1.82, 2.24) is 0 Å². The average molecular weight is 112 g/mol. The highest BCUT2D eigenvalue weighted by atomic mass is 14.9. The van der Waals surface area contributed by atoms with Gasteiger partial charge in [0.05, 0.1) is 0 Å². The van der Waals surface area contributed by atoms with Crippen molar-refractivity contribution in [2.45, 2.75) is 26.8 Å². The van der Waals surface area contributed by atoms with Gasteiger partial charge < -0.3 is 0 Å². The molecule has 0 aliphatic heterocycles. The van der Waals surface area contributed by atoms with Gasteiger partial charge in [-0.1, -0.05) is 0 Å². The molecule has 0 bridgehead atoms. The zero-order valence-electron chi connectivity index (χ0n) is 5.63. The van der Waals surface area contributed by atoms with E-state index >= 15 is 0 Å². The maximum absolute atomic E-state index is 3.99. The Hall–Kier alpha value is -0.660. The SMILES string of the molecule is C/C=N\C=N/C(C)C. The van der Waals surface area contributed by atoms with Crippen LogP contribution in [-0.4, -0.2) is 18.6 Å². The molecule has 0 amide bonds. The van der Waals surface area contributed by atoms with Crippen LogP contribution in [0.2, 0.25) is 0 Å². The fourth-order valence-corrected chi connectivity index (χ4v) is 0.238. The number of aliphatic imine (C=N–C) groups is 2. The minimum Gasteiger partial charge on any atom is -0.271 e. The molecule has 8 heavy (non-hydrogen) atoms. The third-order valence-corrected chi connectivity index (χ3v) is 0.581. The first-order chi connectivity index (χ1) is 3.77. The molecule has 0 heterocycles. The van der Waals surface area contributed by atoms with Crippen molar-refractivity contribution in [2.75, 3.05) is 0 Å². The molecule has 0 saturated heterocycles. The Morgan fingerprint density at radius 1 is 1.38 bits per heavy atom. The summed E-state index contributed by atoms with van der Waals surface area (Å²) in [5, 5.41) is 0. The highest BCUT2D eigenvalue weighted by Crippen LogP contribution is 1.81. The van der Waals surface area contributed by atoms with Crippen LogP contribution in [0.25, 0.3) is 0 Å². The largest absolute Gasteiger partial charge is 0.271 e. The molecule has 2 nitrogen and oxygen atoms in total. The molecular weight excluding hydrogens is 100 g/mol. The van der Waals surface area contributed by atoms with Crippen LogP contribution in [0, 0.1) is 0 Å². The van der Waals surface area contributed by atoms with Gasteiger partial charge in [0.25, 0.3) is 0 Å². The minimum absolute atomic E-state index is 0.360. The minimum atomic E-state index is 0.360. The summed E-state index contributed by atoms with van der Waals surface area (Å²) in [6, 6.07) is 0.360. The van der Waals surface area contributed by atoms with Gasteiger partial charge >= 0.3 is 0 Å². The van der Waals surface area contributed by atoms with Crippen molar-refractivity contribution in [3.05, 3.63) is 0 Å².